The molecule has 0 spiro atoms. The van der Waals surface area contributed by atoms with E-state index in [1.54, 1.807) is 0 Å². The van der Waals surface area contributed by atoms with Gasteiger partial charge in [-0.05, 0) is 47.4 Å². The molecule has 2 aromatic carbocycles. The van der Waals surface area contributed by atoms with Crippen molar-refractivity contribution in [1.82, 2.24) is 10.6 Å². The van der Waals surface area contributed by atoms with Crippen molar-refractivity contribution in [3.8, 4) is 0 Å². The van der Waals surface area contributed by atoms with Crippen molar-refractivity contribution < 1.29 is 0 Å². The zero-order chi connectivity index (χ0) is 18.5. The Morgan fingerprint density at radius 1 is 0.750 bits per heavy atom. The molecule has 0 saturated heterocycles. The van der Waals surface area contributed by atoms with Crippen molar-refractivity contribution in [3.63, 3.8) is 0 Å². The summed E-state index contributed by atoms with van der Waals surface area (Å²) in [4.78, 5) is 0. The third-order valence-corrected chi connectivity index (χ3v) is 3.58. The van der Waals surface area contributed by atoms with E-state index < -0.39 is 0 Å². The Balaban J connectivity index is 0.000000447. The number of rotatable bonds is 4. The topological polar surface area (TPSA) is 24.1 Å². The largest absolute Gasteiger partial charge is 0.318 e. The number of aryl methyl sites for hydroxylation is 4. The van der Waals surface area contributed by atoms with Crippen LogP contribution in [-0.4, -0.2) is 20.6 Å². The van der Waals surface area contributed by atoms with Crippen LogP contribution in [0.4, 0.5) is 0 Å². The van der Waals surface area contributed by atoms with Crippen LogP contribution < -0.4 is 10.6 Å². The lowest BCUT2D eigenvalue weighted by Crippen LogP contribution is -2.27. The molecule has 0 fully saturated rings. The molecule has 0 unspecified atom stereocenters. The Morgan fingerprint density at radius 2 is 1.21 bits per heavy atom. The zero-order valence-corrected chi connectivity index (χ0v) is 16.8. The normalized spacial score (nSPS) is 10.8. The van der Waals surface area contributed by atoms with Crippen molar-refractivity contribution in [3.05, 3.63) is 70.3 Å². The van der Waals surface area contributed by atoms with Crippen LogP contribution in [0, 0.1) is 27.7 Å². The number of nitrogens with one attached hydrogen (secondary N) is 2. The highest BCUT2D eigenvalue weighted by atomic mass is 14.9. The predicted octanol–water partition coefficient (Wildman–Crippen LogP) is 5.11. The molecule has 2 N–H and O–H groups in total. The number of hydrogen-bond donors (Lipinski definition) is 2. The van der Waals surface area contributed by atoms with Crippen molar-refractivity contribution >= 4 is 0 Å². The lowest BCUT2D eigenvalue weighted by atomic mass is 10.0. The Bertz CT molecular complexity index is 538. The van der Waals surface area contributed by atoms with Crippen molar-refractivity contribution in [1.29, 1.82) is 0 Å². The molecule has 2 heteroatoms. The molecule has 0 aromatic heterocycles. The van der Waals surface area contributed by atoms with Gasteiger partial charge in [0.25, 0.3) is 0 Å². The first-order valence-electron chi connectivity index (χ1n) is 8.89. The lowest BCUT2D eigenvalue weighted by molar-refractivity contribution is 0.558. The van der Waals surface area contributed by atoms with Gasteiger partial charge >= 0.3 is 0 Å². The van der Waals surface area contributed by atoms with E-state index in [0.717, 1.165) is 6.54 Å². The summed E-state index contributed by atoms with van der Waals surface area (Å²) in [6.07, 6.45) is 0. The fourth-order valence-corrected chi connectivity index (χ4v) is 2.61. The van der Waals surface area contributed by atoms with Crippen molar-refractivity contribution in [2.45, 2.75) is 47.6 Å². The van der Waals surface area contributed by atoms with E-state index in [9.17, 15) is 0 Å². The van der Waals surface area contributed by atoms with Gasteiger partial charge in [0.05, 0.1) is 0 Å². The van der Waals surface area contributed by atoms with Crippen LogP contribution in [0.3, 0.4) is 0 Å². The van der Waals surface area contributed by atoms with E-state index >= 15 is 0 Å². The molecule has 1 atom stereocenters. The van der Waals surface area contributed by atoms with Gasteiger partial charge in [-0.2, -0.15) is 0 Å². The Labute approximate surface area is 149 Å². The summed E-state index contributed by atoms with van der Waals surface area (Å²) in [5.74, 6) is 0. The van der Waals surface area contributed by atoms with Crippen LogP contribution in [0.15, 0.2) is 42.5 Å². The second-order valence-corrected chi connectivity index (χ2v) is 5.98. The Morgan fingerprint density at radius 3 is 1.54 bits per heavy atom. The van der Waals surface area contributed by atoms with Crippen LogP contribution in [-0.2, 0) is 0 Å². The van der Waals surface area contributed by atoms with Crippen molar-refractivity contribution in [2.75, 3.05) is 20.6 Å². The molecule has 0 aliphatic rings. The minimum atomic E-state index is 0.401. The van der Waals surface area contributed by atoms with Crippen LogP contribution in [0.25, 0.3) is 0 Å². The first kappa shape index (κ1) is 22.4. The van der Waals surface area contributed by atoms with E-state index in [1.165, 1.54) is 27.8 Å². The summed E-state index contributed by atoms with van der Waals surface area (Å²) < 4.78 is 0. The molecular formula is C22H36N2. The molecule has 0 radical (unpaired) electrons. The smallest absolute Gasteiger partial charge is 0.0444 e. The van der Waals surface area contributed by atoms with Gasteiger partial charge in [0.1, 0.15) is 0 Å². The molecule has 2 rings (SSSR count). The predicted molar refractivity (Wildman–Crippen MR) is 109 cm³/mol. The summed E-state index contributed by atoms with van der Waals surface area (Å²) in [6, 6.07) is 15.5. The van der Waals surface area contributed by atoms with E-state index in [1.807, 2.05) is 27.9 Å². The zero-order valence-electron chi connectivity index (χ0n) is 16.8. The third kappa shape index (κ3) is 8.85. The minimum Gasteiger partial charge on any atom is -0.318 e. The van der Waals surface area contributed by atoms with Gasteiger partial charge in [-0.1, -0.05) is 78.6 Å². The summed E-state index contributed by atoms with van der Waals surface area (Å²) in [5, 5.41) is 6.50. The fourth-order valence-electron chi connectivity index (χ4n) is 2.61. The van der Waals surface area contributed by atoms with Crippen molar-refractivity contribution in [2.24, 2.45) is 0 Å². The first-order chi connectivity index (χ1) is 11.5. The average Bonchev–Trinajstić information content (AvgIpc) is 2.54. The van der Waals surface area contributed by atoms with Gasteiger partial charge in [0, 0.05) is 12.6 Å². The summed E-state index contributed by atoms with van der Waals surface area (Å²) >= 11 is 0. The molecule has 0 saturated carbocycles. The maximum Gasteiger partial charge on any atom is 0.0444 e. The van der Waals surface area contributed by atoms with Gasteiger partial charge in [-0.25, -0.2) is 0 Å². The Hall–Kier alpha value is -1.64. The third-order valence-electron chi connectivity index (χ3n) is 3.58. The SMILES string of the molecule is CC.CNC[C@@H](NC)c1cc(C)cc(C)c1.Cc1cccc(C)c1. The quantitative estimate of drug-likeness (QED) is 0.814. The lowest BCUT2D eigenvalue weighted by Gasteiger charge is -2.17. The summed E-state index contributed by atoms with van der Waals surface area (Å²) in [5.41, 5.74) is 6.70. The molecule has 0 heterocycles. The average molecular weight is 329 g/mol. The van der Waals surface area contributed by atoms with Gasteiger partial charge in [-0.15, -0.1) is 0 Å². The number of benzene rings is 2. The highest BCUT2D eigenvalue weighted by molar-refractivity contribution is 5.30. The molecule has 0 bridgehead atoms. The molecule has 134 valence electrons. The standard InChI is InChI=1S/C12H20N2.C8H10.C2H6/c1-9-5-10(2)7-11(6-9)12(14-4)8-13-3;1-7-4-3-5-8(2)6-7;1-2/h5-7,12-14H,8H2,1-4H3;3-6H,1-2H3;1-2H3/t12-;;/m1../s1. The minimum absolute atomic E-state index is 0.401. The summed E-state index contributed by atoms with van der Waals surface area (Å²) in [7, 11) is 3.98. The van der Waals surface area contributed by atoms with Gasteiger partial charge in [0.2, 0.25) is 0 Å². The molecule has 2 aromatic rings. The highest BCUT2D eigenvalue weighted by Gasteiger charge is 2.08. The maximum absolute atomic E-state index is 3.31. The van der Waals surface area contributed by atoms with Gasteiger partial charge in [0.15, 0.2) is 0 Å². The maximum atomic E-state index is 3.31. The molecule has 0 amide bonds. The fraction of sp³-hybridized carbons (Fsp3) is 0.455. The Kier molecular flexibility index (Phi) is 11.9. The molecule has 0 aliphatic heterocycles. The number of hydrogen-bond acceptors (Lipinski definition) is 2. The summed E-state index contributed by atoms with van der Waals surface area (Å²) in [6.45, 7) is 13.4. The monoisotopic (exact) mass is 328 g/mol. The molecular weight excluding hydrogens is 292 g/mol. The van der Waals surface area contributed by atoms with E-state index in [2.05, 4.69) is 80.8 Å². The van der Waals surface area contributed by atoms with Crippen LogP contribution in [0.1, 0.15) is 47.7 Å². The van der Waals surface area contributed by atoms with E-state index in [4.69, 9.17) is 0 Å². The van der Waals surface area contributed by atoms with Crippen LogP contribution in [0.2, 0.25) is 0 Å². The highest BCUT2D eigenvalue weighted by Crippen LogP contribution is 2.16. The van der Waals surface area contributed by atoms with Gasteiger partial charge in [-0.3, -0.25) is 0 Å². The molecule has 0 aliphatic carbocycles. The first-order valence-corrected chi connectivity index (χ1v) is 8.89. The van der Waals surface area contributed by atoms with Crippen LogP contribution in [0.5, 0.6) is 0 Å². The molecule has 2 nitrogen and oxygen atoms in total. The van der Waals surface area contributed by atoms with E-state index in [-0.39, 0.29) is 0 Å². The van der Waals surface area contributed by atoms with E-state index in [0.29, 0.717) is 6.04 Å². The second-order valence-electron chi connectivity index (χ2n) is 5.98. The second kappa shape index (κ2) is 12.7. The van der Waals surface area contributed by atoms with Crippen LogP contribution >= 0.6 is 0 Å². The van der Waals surface area contributed by atoms with Gasteiger partial charge < -0.3 is 10.6 Å². The molecule has 24 heavy (non-hydrogen) atoms. The number of likely N-dealkylation sites (N-methyl/N-ethyl adjacent to an activating group) is 2.